The van der Waals surface area contributed by atoms with E-state index in [2.05, 4.69) is 5.32 Å². The largest absolute Gasteiger partial charge is 0.496 e. The number of aromatic nitrogens is 1. The Morgan fingerprint density at radius 1 is 1.42 bits per heavy atom. The van der Waals surface area contributed by atoms with Crippen molar-refractivity contribution in [2.45, 2.75) is 6.54 Å². The Labute approximate surface area is 112 Å². The van der Waals surface area contributed by atoms with Gasteiger partial charge in [-0.1, -0.05) is 0 Å². The van der Waals surface area contributed by atoms with Gasteiger partial charge in [0.1, 0.15) is 5.75 Å². The maximum Gasteiger partial charge on any atom is 0.255 e. The van der Waals surface area contributed by atoms with E-state index >= 15 is 0 Å². The summed E-state index contributed by atoms with van der Waals surface area (Å²) in [5, 5.41) is 2.86. The zero-order chi connectivity index (χ0) is 13.8. The molecule has 2 rings (SSSR count). The predicted molar refractivity (Wildman–Crippen MR) is 74.0 cm³/mol. The molecule has 0 saturated carbocycles. The molecule has 0 aliphatic carbocycles. The SMILES string of the molecule is COc1cc(N)ccc1C(=O)NCc1cccn1C. The topological polar surface area (TPSA) is 69.3 Å². The Kier molecular flexibility index (Phi) is 3.75. The van der Waals surface area contributed by atoms with Crippen molar-refractivity contribution in [3.05, 3.63) is 47.8 Å². The number of anilines is 1. The summed E-state index contributed by atoms with van der Waals surface area (Å²) >= 11 is 0. The van der Waals surface area contributed by atoms with E-state index in [9.17, 15) is 4.79 Å². The van der Waals surface area contributed by atoms with Crippen LogP contribution in [0.1, 0.15) is 16.1 Å². The van der Waals surface area contributed by atoms with E-state index in [1.807, 2.05) is 29.9 Å². The molecule has 5 nitrogen and oxygen atoms in total. The fraction of sp³-hybridized carbons (Fsp3) is 0.214. The lowest BCUT2D eigenvalue weighted by Crippen LogP contribution is -2.24. The molecular formula is C14H17N3O2. The van der Waals surface area contributed by atoms with Crippen LogP contribution in [0, 0.1) is 0 Å². The Morgan fingerprint density at radius 2 is 2.21 bits per heavy atom. The van der Waals surface area contributed by atoms with Gasteiger partial charge in [0.05, 0.1) is 19.2 Å². The highest BCUT2D eigenvalue weighted by Crippen LogP contribution is 2.21. The summed E-state index contributed by atoms with van der Waals surface area (Å²) < 4.78 is 7.12. The monoisotopic (exact) mass is 259 g/mol. The molecule has 1 aromatic heterocycles. The average Bonchev–Trinajstić information content (AvgIpc) is 2.81. The molecule has 19 heavy (non-hydrogen) atoms. The molecule has 100 valence electrons. The number of hydrogen-bond donors (Lipinski definition) is 2. The molecule has 2 aromatic rings. The van der Waals surface area contributed by atoms with Gasteiger partial charge < -0.3 is 20.4 Å². The molecule has 0 spiro atoms. The van der Waals surface area contributed by atoms with Crippen molar-refractivity contribution in [2.24, 2.45) is 7.05 Å². The summed E-state index contributed by atoms with van der Waals surface area (Å²) in [4.78, 5) is 12.1. The van der Waals surface area contributed by atoms with Crippen LogP contribution >= 0.6 is 0 Å². The van der Waals surface area contributed by atoms with Crippen molar-refractivity contribution < 1.29 is 9.53 Å². The standard InChI is InChI=1S/C14H17N3O2/c1-17-7-3-4-11(17)9-16-14(18)12-6-5-10(15)8-13(12)19-2/h3-8H,9,15H2,1-2H3,(H,16,18). The minimum absolute atomic E-state index is 0.182. The highest BCUT2D eigenvalue weighted by molar-refractivity contribution is 5.97. The fourth-order valence-electron chi connectivity index (χ4n) is 1.84. The lowest BCUT2D eigenvalue weighted by Gasteiger charge is -2.10. The van der Waals surface area contributed by atoms with Gasteiger partial charge in [-0.05, 0) is 24.3 Å². The molecule has 1 aromatic carbocycles. The van der Waals surface area contributed by atoms with E-state index in [1.165, 1.54) is 7.11 Å². The third-order valence-corrected chi connectivity index (χ3v) is 2.95. The average molecular weight is 259 g/mol. The van der Waals surface area contributed by atoms with Gasteiger partial charge in [-0.15, -0.1) is 0 Å². The van der Waals surface area contributed by atoms with Crippen LogP contribution in [-0.2, 0) is 13.6 Å². The summed E-state index contributed by atoms with van der Waals surface area (Å²) in [6, 6.07) is 8.87. The van der Waals surface area contributed by atoms with Crippen LogP contribution in [0.2, 0.25) is 0 Å². The predicted octanol–water partition coefficient (Wildman–Crippen LogP) is 1.55. The van der Waals surface area contributed by atoms with Crippen molar-refractivity contribution in [1.29, 1.82) is 0 Å². The second-order valence-corrected chi connectivity index (χ2v) is 4.25. The Hall–Kier alpha value is -2.43. The summed E-state index contributed by atoms with van der Waals surface area (Å²) in [6.45, 7) is 0.468. The number of hydrogen-bond acceptors (Lipinski definition) is 3. The molecule has 0 atom stereocenters. The highest BCUT2D eigenvalue weighted by atomic mass is 16.5. The minimum Gasteiger partial charge on any atom is -0.496 e. The van der Waals surface area contributed by atoms with Gasteiger partial charge in [-0.3, -0.25) is 4.79 Å². The number of carbonyl (C=O) groups is 1. The number of methoxy groups -OCH3 is 1. The Morgan fingerprint density at radius 3 is 2.84 bits per heavy atom. The second kappa shape index (κ2) is 5.48. The number of ether oxygens (including phenoxy) is 1. The molecule has 1 amide bonds. The van der Waals surface area contributed by atoms with Gasteiger partial charge in [0.25, 0.3) is 5.91 Å². The van der Waals surface area contributed by atoms with E-state index in [0.29, 0.717) is 23.5 Å². The van der Waals surface area contributed by atoms with Crippen molar-refractivity contribution in [3.63, 3.8) is 0 Å². The van der Waals surface area contributed by atoms with E-state index in [-0.39, 0.29) is 5.91 Å². The normalized spacial score (nSPS) is 10.2. The first-order chi connectivity index (χ1) is 9.11. The van der Waals surface area contributed by atoms with Crippen molar-refractivity contribution >= 4 is 11.6 Å². The number of aryl methyl sites for hydroxylation is 1. The van der Waals surface area contributed by atoms with Crippen LogP contribution in [0.3, 0.4) is 0 Å². The smallest absolute Gasteiger partial charge is 0.255 e. The summed E-state index contributed by atoms with van der Waals surface area (Å²) in [5.74, 6) is 0.294. The Balaban J connectivity index is 2.10. The lowest BCUT2D eigenvalue weighted by molar-refractivity contribution is 0.0947. The number of nitrogens with zero attached hydrogens (tertiary/aromatic N) is 1. The third kappa shape index (κ3) is 2.88. The first kappa shape index (κ1) is 13.0. The van der Waals surface area contributed by atoms with Crippen LogP contribution in [-0.4, -0.2) is 17.6 Å². The van der Waals surface area contributed by atoms with Crippen LogP contribution in [0.5, 0.6) is 5.75 Å². The Bertz CT molecular complexity index is 590. The van der Waals surface area contributed by atoms with Crippen LogP contribution in [0.25, 0.3) is 0 Å². The molecule has 0 saturated heterocycles. The molecule has 1 heterocycles. The first-order valence-corrected chi connectivity index (χ1v) is 5.93. The fourth-order valence-corrected chi connectivity index (χ4v) is 1.84. The van der Waals surface area contributed by atoms with E-state index in [4.69, 9.17) is 10.5 Å². The number of nitrogens with one attached hydrogen (secondary N) is 1. The number of amides is 1. The number of rotatable bonds is 4. The van der Waals surface area contributed by atoms with E-state index in [1.54, 1.807) is 18.2 Å². The van der Waals surface area contributed by atoms with Gasteiger partial charge in [-0.25, -0.2) is 0 Å². The molecule has 0 radical (unpaired) electrons. The van der Waals surface area contributed by atoms with Gasteiger partial charge in [0.2, 0.25) is 0 Å². The number of benzene rings is 1. The van der Waals surface area contributed by atoms with Crippen molar-refractivity contribution in [1.82, 2.24) is 9.88 Å². The summed E-state index contributed by atoms with van der Waals surface area (Å²) in [5.41, 5.74) is 7.73. The maximum absolute atomic E-state index is 12.1. The molecule has 0 fully saturated rings. The lowest BCUT2D eigenvalue weighted by atomic mass is 10.1. The molecule has 0 aliphatic heterocycles. The third-order valence-electron chi connectivity index (χ3n) is 2.95. The van der Waals surface area contributed by atoms with Crippen LogP contribution < -0.4 is 15.8 Å². The zero-order valence-corrected chi connectivity index (χ0v) is 11.0. The quantitative estimate of drug-likeness (QED) is 0.818. The van der Waals surface area contributed by atoms with E-state index in [0.717, 1.165) is 5.69 Å². The first-order valence-electron chi connectivity index (χ1n) is 5.93. The minimum atomic E-state index is -0.182. The molecule has 0 unspecified atom stereocenters. The van der Waals surface area contributed by atoms with Crippen molar-refractivity contribution in [2.75, 3.05) is 12.8 Å². The molecule has 5 heteroatoms. The maximum atomic E-state index is 12.1. The number of nitrogens with two attached hydrogens (primary N) is 1. The van der Waals surface area contributed by atoms with Crippen LogP contribution in [0.4, 0.5) is 5.69 Å². The van der Waals surface area contributed by atoms with Crippen molar-refractivity contribution in [3.8, 4) is 5.75 Å². The van der Waals surface area contributed by atoms with Gasteiger partial charge in [-0.2, -0.15) is 0 Å². The second-order valence-electron chi connectivity index (χ2n) is 4.25. The van der Waals surface area contributed by atoms with E-state index < -0.39 is 0 Å². The number of carbonyl (C=O) groups excluding carboxylic acids is 1. The van der Waals surface area contributed by atoms with Gasteiger partial charge >= 0.3 is 0 Å². The summed E-state index contributed by atoms with van der Waals surface area (Å²) in [6.07, 6.45) is 1.94. The highest BCUT2D eigenvalue weighted by Gasteiger charge is 2.12. The molecule has 0 aliphatic rings. The molecule has 3 N–H and O–H groups in total. The van der Waals surface area contributed by atoms with Gasteiger partial charge in [0, 0.05) is 30.7 Å². The molecule has 0 bridgehead atoms. The summed E-state index contributed by atoms with van der Waals surface area (Å²) in [7, 11) is 3.45. The van der Waals surface area contributed by atoms with Crippen LogP contribution in [0.15, 0.2) is 36.5 Å². The van der Waals surface area contributed by atoms with Gasteiger partial charge in [0.15, 0.2) is 0 Å². The number of nitrogen functional groups attached to an aromatic ring is 1. The molecular weight excluding hydrogens is 242 g/mol. The zero-order valence-electron chi connectivity index (χ0n) is 11.0.